The van der Waals surface area contributed by atoms with Crippen molar-refractivity contribution in [2.45, 2.75) is 83.6 Å². The van der Waals surface area contributed by atoms with Crippen molar-refractivity contribution in [2.75, 3.05) is 6.61 Å². The van der Waals surface area contributed by atoms with E-state index in [1.807, 2.05) is 0 Å². The van der Waals surface area contributed by atoms with Gasteiger partial charge < -0.3 is 28.8 Å². The Morgan fingerprint density at radius 2 is 1.59 bits per heavy atom. The van der Waals surface area contributed by atoms with Crippen molar-refractivity contribution in [1.82, 2.24) is 0 Å². The smallest absolute Gasteiger partial charge is 0.338 e. The molecule has 1 spiro atoms. The molecule has 2 saturated carbocycles. The molecule has 1 heterocycles. The van der Waals surface area contributed by atoms with Gasteiger partial charge in [-0.1, -0.05) is 25.1 Å². The summed E-state index contributed by atoms with van der Waals surface area (Å²) in [5.74, 6) is -5.37. The zero-order valence-electron chi connectivity index (χ0n) is 22.8. The van der Waals surface area contributed by atoms with Crippen LogP contribution in [-0.4, -0.2) is 77.0 Å². The molecule has 1 aromatic carbocycles. The number of benzene rings is 1. The van der Waals surface area contributed by atoms with E-state index in [4.69, 9.17) is 23.7 Å². The highest BCUT2D eigenvalue weighted by Gasteiger charge is 2.84. The van der Waals surface area contributed by atoms with Crippen molar-refractivity contribution in [2.24, 2.45) is 17.3 Å². The Labute approximate surface area is 226 Å². The summed E-state index contributed by atoms with van der Waals surface area (Å²) in [6.07, 6.45) is -5.76. The summed E-state index contributed by atoms with van der Waals surface area (Å²) in [4.78, 5) is 64.1. The first kappa shape index (κ1) is 28.7. The van der Waals surface area contributed by atoms with Crippen molar-refractivity contribution < 1.29 is 52.8 Å². The van der Waals surface area contributed by atoms with E-state index in [1.165, 1.54) is 26.0 Å². The Balaban J connectivity index is 1.99. The summed E-state index contributed by atoms with van der Waals surface area (Å²) < 4.78 is 29.2. The molecule has 1 aromatic rings. The first-order valence-corrected chi connectivity index (χ1v) is 12.8. The van der Waals surface area contributed by atoms with E-state index in [0.717, 1.165) is 6.92 Å². The van der Waals surface area contributed by atoms with Crippen LogP contribution in [0.15, 0.2) is 30.3 Å². The molecular formula is C28H34O11. The van der Waals surface area contributed by atoms with Gasteiger partial charge in [0.15, 0.2) is 11.9 Å². The highest BCUT2D eigenvalue weighted by molar-refractivity contribution is 5.96. The normalized spacial score (nSPS) is 36.3. The van der Waals surface area contributed by atoms with Crippen molar-refractivity contribution in [3.8, 4) is 0 Å². The maximum Gasteiger partial charge on any atom is 0.338 e. The van der Waals surface area contributed by atoms with Crippen LogP contribution < -0.4 is 0 Å². The number of hydrogen-bond acceptors (Lipinski definition) is 11. The lowest BCUT2D eigenvalue weighted by Crippen LogP contribution is -2.80. The van der Waals surface area contributed by atoms with Crippen LogP contribution in [0.3, 0.4) is 0 Å². The zero-order valence-corrected chi connectivity index (χ0v) is 22.8. The predicted molar refractivity (Wildman–Crippen MR) is 132 cm³/mol. The summed E-state index contributed by atoms with van der Waals surface area (Å²) in [6, 6.07) is 7.95. The molecule has 1 unspecified atom stereocenters. The van der Waals surface area contributed by atoms with E-state index in [9.17, 15) is 29.1 Å². The maximum absolute atomic E-state index is 14.3. The second kappa shape index (κ2) is 10.0. The third-order valence-electron chi connectivity index (χ3n) is 8.22. The van der Waals surface area contributed by atoms with E-state index >= 15 is 0 Å². The molecule has 1 N–H and O–H groups in total. The van der Waals surface area contributed by atoms with E-state index in [-0.39, 0.29) is 12.0 Å². The van der Waals surface area contributed by atoms with Crippen LogP contribution in [0, 0.1) is 17.3 Å². The molecule has 2 bridgehead atoms. The molecule has 4 rings (SSSR count). The number of Topliss-reactive ketones (excluding diaryl/α,β-unsaturated/α-hetero) is 1. The number of carbonyl (C=O) groups excluding carboxylic acids is 5. The second-order valence-corrected chi connectivity index (χ2v) is 11.1. The number of esters is 4. The van der Waals surface area contributed by atoms with Crippen molar-refractivity contribution in [3.63, 3.8) is 0 Å². The molecular weight excluding hydrogens is 512 g/mol. The van der Waals surface area contributed by atoms with Crippen LogP contribution >= 0.6 is 0 Å². The Kier molecular flexibility index (Phi) is 7.37. The molecule has 1 saturated heterocycles. The van der Waals surface area contributed by atoms with Gasteiger partial charge in [-0.3, -0.25) is 19.2 Å². The van der Waals surface area contributed by atoms with Crippen molar-refractivity contribution in [3.05, 3.63) is 35.9 Å². The quantitative estimate of drug-likeness (QED) is 0.410. The van der Waals surface area contributed by atoms with E-state index in [1.54, 1.807) is 39.0 Å². The third kappa shape index (κ3) is 4.41. The SMILES string of the molecule is CC(=O)OC[C@]12[C@H](OC(=O)c3ccccc3)C(=O)C3[C@@H](OC(C)=O)[C@]1(OC3(C)C)[C@H](C)C[C@H](OC(C)=O)[C@@H]2O. The number of carbonyl (C=O) groups is 5. The summed E-state index contributed by atoms with van der Waals surface area (Å²) in [5.41, 5.74) is -4.78. The van der Waals surface area contributed by atoms with Crippen molar-refractivity contribution in [1.29, 1.82) is 0 Å². The minimum absolute atomic E-state index is 0.0661. The number of fused-ring (bicyclic) bond motifs is 1. The Morgan fingerprint density at radius 1 is 0.974 bits per heavy atom. The Hall–Kier alpha value is -3.31. The lowest BCUT2D eigenvalue weighted by molar-refractivity contribution is -0.311. The molecule has 39 heavy (non-hydrogen) atoms. The zero-order chi connectivity index (χ0) is 28.9. The molecule has 0 aromatic heterocycles. The van der Waals surface area contributed by atoms with Gasteiger partial charge in [0.05, 0.1) is 17.1 Å². The summed E-state index contributed by atoms with van der Waals surface area (Å²) >= 11 is 0. The van der Waals surface area contributed by atoms with Crippen LogP contribution in [0.1, 0.15) is 58.3 Å². The molecule has 8 atom stereocenters. The predicted octanol–water partition coefficient (Wildman–Crippen LogP) is 1.77. The Bertz CT molecular complexity index is 1180. The lowest BCUT2D eigenvalue weighted by Gasteiger charge is -2.62. The number of aliphatic hydroxyl groups is 1. The first-order chi connectivity index (χ1) is 18.2. The van der Waals surface area contributed by atoms with Gasteiger partial charge in [0.25, 0.3) is 0 Å². The summed E-state index contributed by atoms with van der Waals surface area (Å²) in [7, 11) is 0. The van der Waals surface area contributed by atoms with Gasteiger partial charge in [-0.15, -0.1) is 0 Å². The fraction of sp³-hybridized carbons (Fsp3) is 0.607. The van der Waals surface area contributed by atoms with E-state index in [0.29, 0.717) is 0 Å². The second-order valence-electron chi connectivity index (χ2n) is 11.1. The highest BCUT2D eigenvalue weighted by Crippen LogP contribution is 2.66. The number of ether oxygens (including phenoxy) is 5. The molecule has 1 aliphatic heterocycles. The van der Waals surface area contributed by atoms with Crippen molar-refractivity contribution >= 4 is 29.7 Å². The van der Waals surface area contributed by atoms with E-state index in [2.05, 4.69) is 0 Å². The van der Waals surface area contributed by atoms with Gasteiger partial charge >= 0.3 is 23.9 Å². The maximum atomic E-state index is 14.3. The van der Waals surface area contributed by atoms with Gasteiger partial charge in [-0.2, -0.15) is 0 Å². The molecule has 0 amide bonds. The highest BCUT2D eigenvalue weighted by atomic mass is 16.6. The number of aliphatic hydroxyl groups excluding tert-OH is 1. The monoisotopic (exact) mass is 546 g/mol. The van der Waals surface area contributed by atoms with E-state index < -0.39 is 89.1 Å². The number of hydrogen-bond donors (Lipinski definition) is 1. The fourth-order valence-corrected chi connectivity index (χ4v) is 6.92. The summed E-state index contributed by atoms with van der Waals surface area (Å²) in [5, 5.41) is 12.0. The number of ketones is 1. The first-order valence-electron chi connectivity index (χ1n) is 12.8. The third-order valence-corrected chi connectivity index (χ3v) is 8.22. The van der Waals surface area contributed by atoms with Crippen LogP contribution in [0.5, 0.6) is 0 Å². The molecule has 3 aliphatic rings. The molecule has 2 aliphatic carbocycles. The van der Waals surface area contributed by atoms with Crippen LogP contribution in [-0.2, 0) is 42.9 Å². The average molecular weight is 547 g/mol. The van der Waals surface area contributed by atoms with Gasteiger partial charge in [0, 0.05) is 20.8 Å². The molecule has 0 radical (unpaired) electrons. The fourth-order valence-electron chi connectivity index (χ4n) is 6.92. The number of rotatable bonds is 6. The molecule has 212 valence electrons. The van der Waals surface area contributed by atoms with Gasteiger partial charge in [0.1, 0.15) is 35.9 Å². The van der Waals surface area contributed by atoms with Crippen LogP contribution in [0.2, 0.25) is 0 Å². The van der Waals surface area contributed by atoms with Crippen LogP contribution in [0.25, 0.3) is 0 Å². The lowest BCUT2D eigenvalue weighted by atomic mass is 9.47. The van der Waals surface area contributed by atoms with Gasteiger partial charge in [-0.05, 0) is 38.3 Å². The van der Waals surface area contributed by atoms with Gasteiger partial charge in [-0.25, -0.2) is 4.79 Å². The summed E-state index contributed by atoms with van der Waals surface area (Å²) in [6.45, 7) is 7.90. The molecule has 11 nitrogen and oxygen atoms in total. The molecule has 3 fully saturated rings. The Morgan fingerprint density at radius 3 is 2.15 bits per heavy atom. The average Bonchev–Trinajstić information content (AvgIpc) is 3.04. The topological polar surface area (TPSA) is 152 Å². The van der Waals surface area contributed by atoms with Gasteiger partial charge in [0.2, 0.25) is 0 Å². The minimum Gasteiger partial charge on any atom is -0.465 e. The molecule has 11 heteroatoms. The minimum atomic E-state index is -2.01. The largest absolute Gasteiger partial charge is 0.465 e. The van der Waals surface area contributed by atoms with Crippen LogP contribution in [0.4, 0.5) is 0 Å². The standard InChI is InChI=1S/C28H34O11/c1-14-12-19(36-16(3)30)22(33)27(13-35-15(2)29)24(38-25(34)18-10-8-7-9-11-18)21(32)20-23(37-17(4)31)28(14,27)39-26(20,5)6/h7-11,14,19-20,22-24,33H,12-13H2,1-6H3/t14-,19+,20?,22+,23-,24-,27+,28-/m1/s1.